The van der Waals surface area contributed by atoms with Gasteiger partial charge in [0, 0.05) is 45.1 Å². The van der Waals surface area contributed by atoms with E-state index in [4.69, 9.17) is 47.4 Å². The van der Waals surface area contributed by atoms with Gasteiger partial charge in [-0.3, -0.25) is 0 Å². The maximum absolute atomic E-state index is 12.5. The summed E-state index contributed by atoms with van der Waals surface area (Å²) >= 11 is 0. The first-order valence-electron chi connectivity index (χ1n) is 20.1. The molecular weight excluding hydrogens is 753 g/mol. The van der Waals surface area contributed by atoms with Crippen LogP contribution >= 0.6 is 0 Å². The van der Waals surface area contributed by atoms with Crippen molar-refractivity contribution in [3.63, 3.8) is 0 Å². The topological polar surface area (TPSA) is 113 Å². The molecule has 0 saturated carbocycles. The van der Waals surface area contributed by atoms with Crippen LogP contribution in [0.4, 0.5) is 0 Å². The lowest BCUT2D eigenvalue weighted by Crippen LogP contribution is -2.50. The standard InChI is InChI=1S/C48H56O11/c1-50-29-42-47(54-5)40(53-4)24-38(58-42)34-23-35(46(49)45-37(52-3)22-21-36(51-2)44(34)45)39-25-41(56-27-32-17-11-7-12-18-32)48(57-28-33-19-13-8-14-20-33)43(59-39)30-55-26-31-15-9-6-10-16-31/h6-23,38-43,47-49H,24-30H2,1-5H3/t38-,39-,40-,41-,42-,43-,47+,48+/m1/s1. The van der Waals surface area contributed by atoms with E-state index >= 15 is 0 Å². The first-order chi connectivity index (χ1) is 29.0. The zero-order valence-corrected chi connectivity index (χ0v) is 34.5. The number of hydrogen-bond donors (Lipinski definition) is 1. The number of phenolic OH excluding ortho intramolecular Hbond substituents is 1. The summed E-state index contributed by atoms with van der Waals surface area (Å²) < 4.78 is 63.2. The predicted molar refractivity (Wildman–Crippen MR) is 223 cm³/mol. The zero-order valence-electron chi connectivity index (χ0n) is 34.5. The van der Waals surface area contributed by atoms with Crippen LogP contribution in [0.5, 0.6) is 17.2 Å². The highest BCUT2D eigenvalue weighted by molar-refractivity contribution is 6.01. The second kappa shape index (κ2) is 20.6. The minimum Gasteiger partial charge on any atom is -0.507 e. The molecule has 5 aromatic carbocycles. The Kier molecular flexibility index (Phi) is 14.9. The Morgan fingerprint density at radius 1 is 0.542 bits per heavy atom. The molecule has 0 aromatic heterocycles. The van der Waals surface area contributed by atoms with Gasteiger partial charge in [0.25, 0.3) is 0 Å². The Bertz CT molecular complexity index is 2050. The van der Waals surface area contributed by atoms with Gasteiger partial charge in [0.05, 0.1) is 77.1 Å². The maximum Gasteiger partial charge on any atom is 0.133 e. The molecule has 2 fully saturated rings. The molecule has 0 bridgehead atoms. The number of benzene rings is 5. The smallest absolute Gasteiger partial charge is 0.133 e. The summed E-state index contributed by atoms with van der Waals surface area (Å²) in [5.74, 6) is 1.05. The fourth-order valence-electron chi connectivity index (χ4n) is 8.39. The second-order valence-electron chi connectivity index (χ2n) is 14.9. The molecule has 0 radical (unpaired) electrons. The molecule has 1 N–H and O–H groups in total. The number of hydrogen-bond acceptors (Lipinski definition) is 11. The quantitative estimate of drug-likeness (QED) is 0.0923. The maximum atomic E-state index is 12.5. The monoisotopic (exact) mass is 808 g/mol. The molecule has 7 rings (SSSR count). The highest BCUT2D eigenvalue weighted by atomic mass is 16.6. The van der Waals surface area contributed by atoms with Gasteiger partial charge in [0.1, 0.15) is 41.7 Å². The molecule has 0 spiro atoms. The summed E-state index contributed by atoms with van der Waals surface area (Å²) in [6.07, 6.45) is -2.96. The van der Waals surface area contributed by atoms with Crippen LogP contribution in [-0.4, -0.2) is 90.5 Å². The van der Waals surface area contributed by atoms with E-state index in [1.54, 1.807) is 41.6 Å². The van der Waals surface area contributed by atoms with E-state index in [9.17, 15) is 5.11 Å². The fraction of sp³-hybridized carbons (Fsp3) is 0.417. The van der Waals surface area contributed by atoms with Crippen LogP contribution < -0.4 is 9.47 Å². The molecule has 0 amide bonds. The van der Waals surface area contributed by atoms with Crippen molar-refractivity contribution in [1.29, 1.82) is 0 Å². The molecule has 314 valence electrons. The summed E-state index contributed by atoms with van der Waals surface area (Å²) in [6.45, 7) is 1.61. The molecular formula is C48H56O11. The summed E-state index contributed by atoms with van der Waals surface area (Å²) in [6, 6.07) is 35.8. The van der Waals surface area contributed by atoms with Crippen molar-refractivity contribution in [3.05, 3.63) is 137 Å². The normalized spacial score (nSPS) is 24.6. The molecule has 11 heteroatoms. The average molecular weight is 809 g/mol. The Balaban J connectivity index is 1.31. The second-order valence-corrected chi connectivity index (χ2v) is 14.9. The SMILES string of the molecule is COC[C@H]1O[C@@H](c2cc([C@H]3C[C@@H](OCc4ccccc4)[C@H](OCc4ccccc4)[C@@H](COCc4ccccc4)O3)c(O)c3c(OC)ccc(OC)c23)C[C@@H](OC)[C@@H]1OC. The van der Waals surface area contributed by atoms with Crippen LogP contribution in [0.2, 0.25) is 0 Å². The number of aromatic hydroxyl groups is 1. The first-order valence-corrected chi connectivity index (χ1v) is 20.1. The summed E-state index contributed by atoms with van der Waals surface area (Å²) in [4.78, 5) is 0. The van der Waals surface area contributed by atoms with Crippen molar-refractivity contribution in [3.8, 4) is 17.2 Å². The van der Waals surface area contributed by atoms with Gasteiger partial charge in [-0.15, -0.1) is 0 Å². The molecule has 11 nitrogen and oxygen atoms in total. The molecule has 2 aliphatic rings. The van der Waals surface area contributed by atoms with Crippen LogP contribution in [0, 0.1) is 0 Å². The van der Waals surface area contributed by atoms with E-state index in [1.807, 2.05) is 103 Å². The highest BCUT2D eigenvalue weighted by Gasteiger charge is 2.44. The summed E-state index contributed by atoms with van der Waals surface area (Å²) in [5, 5.41) is 13.6. The van der Waals surface area contributed by atoms with Crippen LogP contribution in [0.15, 0.2) is 109 Å². The molecule has 2 aliphatic heterocycles. The van der Waals surface area contributed by atoms with Crippen molar-refractivity contribution >= 4 is 10.8 Å². The van der Waals surface area contributed by atoms with Crippen LogP contribution in [0.1, 0.15) is 52.9 Å². The van der Waals surface area contributed by atoms with Crippen molar-refractivity contribution < 1.29 is 52.5 Å². The van der Waals surface area contributed by atoms with Gasteiger partial charge >= 0.3 is 0 Å². The van der Waals surface area contributed by atoms with Gasteiger partial charge in [0.15, 0.2) is 0 Å². The van der Waals surface area contributed by atoms with E-state index in [0.717, 1.165) is 22.3 Å². The summed E-state index contributed by atoms with van der Waals surface area (Å²) in [5.41, 5.74) is 4.44. The van der Waals surface area contributed by atoms with Crippen LogP contribution in [0.3, 0.4) is 0 Å². The Labute approximate surface area is 347 Å². The number of phenols is 1. The van der Waals surface area contributed by atoms with Crippen molar-refractivity contribution in [2.75, 3.05) is 48.8 Å². The van der Waals surface area contributed by atoms with E-state index in [2.05, 4.69) is 0 Å². The third kappa shape index (κ3) is 9.91. The van der Waals surface area contributed by atoms with E-state index in [-0.39, 0.29) is 24.6 Å². The lowest BCUT2D eigenvalue weighted by molar-refractivity contribution is -0.222. The fourth-order valence-corrected chi connectivity index (χ4v) is 8.39. The molecule has 2 heterocycles. The number of fused-ring (bicyclic) bond motifs is 1. The van der Waals surface area contributed by atoms with Gasteiger partial charge in [-0.25, -0.2) is 0 Å². The van der Waals surface area contributed by atoms with Crippen molar-refractivity contribution in [2.45, 2.75) is 81.5 Å². The van der Waals surface area contributed by atoms with Crippen molar-refractivity contribution in [1.82, 2.24) is 0 Å². The molecule has 8 atom stereocenters. The van der Waals surface area contributed by atoms with E-state index in [0.29, 0.717) is 67.1 Å². The summed E-state index contributed by atoms with van der Waals surface area (Å²) in [7, 11) is 8.16. The van der Waals surface area contributed by atoms with E-state index < -0.39 is 36.6 Å². The minimum atomic E-state index is -0.653. The van der Waals surface area contributed by atoms with E-state index in [1.165, 1.54) is 0 Å². The van der Waals surface area contributed by atoms with Crippen LogP contribution in [-0.2, 0) is 57.7 Å². The number of methoxy groups -OCH3 is 5. The number of rotatable bonds is 18. The van der Waals surface area contributed by atoms with Gasteiger partial charge in [-0.1, -0.05) is 91.0 Å². The predicted octanol–water partition coefficient (Wildman–Crippen LogP) is 8.29. The van der Waals surface area contributed by atoms with Crippen molar-refractivity contribution in [2.24, 2.45) is 0 Å². The van der Waals surface area contributed by atoms with Gasteiger partial charge in [-0.05, 0) is 40.5 Å². The van der Waals surface area contributed by atoms with Gasteiger partial charge in [0.2, 0.25) is 0 Å². The highest BCUT2D eigenvalue weighted by Crippen LogP contribution is 2.50. The average Bonchev–Trinajstić information content (AvgIpc) is 3.28. The van der Waals surface area contributed by atoms with Gasteiger partial charge < -0.3 is 52.5 Å². The Hall–Kier alpha value is -4.56. The first kappa shape index (κ1) is 42.6. The zero-order chi connectivity index (χ0) is 41.1. The Morgan fingerprint density at radius 2 is 1.07 bits per heavy atom. The molecule has 5 aromatic rings. The molecule has 59 heavy (non-hydrogen) atoms. The lowest BCUT2D eigenvalue weighted by Gasteiger charge is -2.43. The Morgan fingerprint density at radius 3 is 1.63 bits per heavy atom. The third-order valence-electron chi connectivity index (χ3n) is 11.3. The third-order valence-corrected chi connectivity index (χ3v) is 11.3. The molecule has 2 saturated heterocycles. The number of ether oxygens (including phenoxy) is 10. The minimum absolute atomic E-state index is 0.0150. The lowest BCUT2D eigenvalue weighted by atomic mass is 9.86. The van der Waals surface area contributed by atoms with Crippen LogP contribution in [0.25, 0.3) is 10.8 Å². The molecule has 0 aliphatic carbocycles. The molecule has 0 unspecified atom stereocenters. The van der Waals surface area contributed by atoms with Gasteiger partial charge in [-0.2, -0.15) is 0 Å². The largest absolute Gasteiger partial charge is 0.507 e.